The fraction of sp³-hybridized carbons (Fsp3) is 0.444. The van der Waals surface area contributed by atoms with Gasteiger partial charge in [0.2, 0.25) is 11.8 Å². The third-order valence-electron chi connectivity index (χ3n) is 3.71. The summed E-state index contributed by atoms with van der Waals surface area (Å²) in [5.41, 5.74) is 0.871. The van der Waals surface area contributed by atoms with Crippen LogP contribution in [0.3, 0.4) is 0 Å². The van der Waals surface area contributed by atoms with Crippen LogP contribution in [0.1, 0.15) is 25.8 Å². The van der Waals surface area contributed by atoms with E-state index in [1.807, 2.05) is 36.4 Å². The summed E-state index contributed by atoms with van der Waals surface area (Å²) in [4.78, 5) is 36.0. The van der Waals surface area contributed by atoms with E-state index in [1.165, 1.54) is 14.0 Å². The Bertz CT molecular complexity index is 639. The Morgan fingerprint density at radius 1 is 1.20 bits per heavy atom. The van der Waals surface area contributed by atoms with Gasteiger partial charge in [-0.3, -0.25) is 9.59 Å². The second kappa shape index (κ2) is 10.1. The first kappa shape index (κ1) is 20.2. The quantitative estimate of drug-likeness (QED) is 0.682. The number of hydrogen-bond acceptors (Lipinski definition) is 5. The average molecular weight is 345 g/mol. The number of rotatable bonds is 8. The van der Waals surface area contributed by atoms with E-state index in [9.17, 15) is 14.4 Å². The van der Waals surface area contributed by atoms with E-state index in [1.54, 1.807) is 6.92 Å². The maximum atomic E-state index is 12.6. The fourth-order valence-corrected chi connectivity index (χ4v) is 2.38. The molecule has 25 heavy (non-hydrogen) atoms. The molecule has 0 aliphatic carbocycles. The van der Waals surface area contributed by atoms with Crippen LogP contribution >= 0.6 is 0 Å². The molecule has 0 unspecified atom stereocenters. The van der Waals surface area contributed by atoms with Gasteiger partial charge in [-0.1, -0.05) is 37.3 Å². The van der Waals surface area contributed by atoms with E-state index in [4.69, 9.17) is 10.00 Å². The standard InChI is InChI=1S/C18H23N3O4/c1-12(9-10-19)16(18(24)25-3)21-17(23)15(20-13(2)22)11-14-7-5-4-6-8-14/h4-8,12,15-16H,9,11H2,1-3H3,(H,20,22)(H,21,23)/t12-,15-,16-/m1/s1. The lowest BCUT2D eigenvalue weighted by molar-refractivity contribution is -0.146. The van der Waals surface area contributed by atoms with Gasteiger partial charge in [0.1, 0.15) is 12.1 Å². The normalized spacial score (nSPS) is 13.7. The van der Waals surface area contributed by atoms with Crippen LogP contribution in [0.5, 0.6) is 0 Å². The molecule has 2 amide bonds. The van der Waals surface area contributed by atoms with Crippen molar-refractivity contribution in [3.8, 4) is 6.07 Å². The molecular weight excluding hydrogens is 322 g/mol. The molecule has 134 valence electrons. The summed E-state index contributed by atoms with van der Waals surface area (Å²) in [6.07, 6.45) is 0.371. The first-order valence-corrected chi connectivity index (χ1v) is 7.95. The van der Waals surface area contributed by atoms with E-state index < -0.39 is 29.9 Å². The number of ether oxygens (including phenoxy) is 1. The van der Waals surface area contributed by atoms with Gasteiger partial charge in [0.05, 0.1) is 13.2 Å². The van der Waals surface area contributed by atoms with Crippen LogP contribution in [0.4, 0.5) is 0 Å². The maximum Gasteiger partial charge on any atom is 0.328 e. The predicted molar refractivity (Wildman–Crippen MR) is 91.1 cm³/mol. The van der Waals surface area contributed by atoms with Gasteiger partial charge in [-0.05, 0) is 5.56 Å². The van der Waals surface area contributed by atoms with E-state index in [0.29, 0.717) is 0 Å². The molecule has 0 bridgehead atoms. The molecule has 0 saturated heterocycles. The molecule has 3 atom stereocenters. The summed E-state index contributed by atoms with van der Waals surface area (Å²) >= 11 is 0. The number of esters is 1. The molecular formula is C18H23N3O4. The SMILES string of the molecule is COC(=O)[C@H](NC(=O)[C@@H](Cc1ccccc1)NC(C)=O)[C@H](C)CC#N. The molecule has 0 radical (unpaired) electrons. The lowest BCUT2D eigenvalue weighted by Crippen LogP contribution is -2.54. The summed E-state index contributed by atoms with van der Waals surface area (Å²) in [5, 5.41) is 14.0. The lowest BCUT2D eigenvalue weighted by atomic mass is 9.97. The maximum absolute atomic E-state index is 12.6. The van der Waals surface area contributed by atoms with Crippen LogP contribution in [0.15, 0.2) is 30.3 Å². The second-order valence-corrected chi connectivity index (χ2v) is 5.79. The molecule has 0 fully saturated rings. The van der Waals surface area contributed by atoms with Crippen molar-refractivity contribution in [3.63, 3.8) is 0 Å². The Hall–Kier alpha value is -2.88. The van der Waals surface area contributed by atoms with Gasteiger partial charge in [0.25, 0.3) is 0 Å². The minimum atomic E-state index is -0.954. The Kier molecular flexibility index (Phi) is 8.13. The molecule has 0 spiro atoms. The number of nitrogens with zero attached hydrogens (tertiary/aromatic N) is 1. The summed E-state index contributed by atoms with van der Waals surface area (Å²) in [5.74, 6) is -1.90. The molecule has 0 aliphatic heterocycles. The minimum Gasteiger partial charge on any atom is -0.467 e. The number of nitrogens with one attached hydrogen (secondary N) is 2. The molecule has 0 aromatic heterocycles. The number of nitriles is 1. The summed E-state index contributed by atoms with van der Waals surface area (Å²) in [7, 11) is 1.22. The highest BCUT2D eigenvalue weighted by Gasteiger charge is 2.30. The van der Waals surface area contributed by atoms with Crippen molar-refractivity contribution in [2.24, 2.45) is 5.92 Å². The Morgan fingerprint density at radius 2 is 1.84 bits per heavy atom. The van der Waals surface area contributed by atoms with Gasteiger partial charge >= 0.3 is 5.97 Å². The van der Waals surface area contributed by atoms with Crippen LogP contribution < -0.4 is 10.6 Å². The zero-order valence-corrected chi connectivity index (χ0v) is 14.6. The highest BCUT2D eigenvalue weighted by Crippen LogP contribution is 2.11. The topological polar surface area (TPSA) is 108 Å². The van der Waals surface area contributed by atoms with Crippen molar-refractivity contribution < 1.29 is 19.1 Å². The second-order valence-electron chi connectivity index (χ2n) is 5.79. The smallest absolute Gasteiger partial charge is 0.328 e. The van der Waals surface area contributed by atoms with Crippen molar-refractivity contribution in [2.45, 2.75) is 38.8 Å². The van der Waals surface area contributed by atoms with E-state index in [0.717, 1.165) is 5.56 Å². The van der Waals surface area contributed by atoms with Crippen LogP contribution in [-0.4, -0.2) is 37.0 Å². The molecule has 0 saturated carbocycles. The first-order chi connectivity index (χ1) is 11.9. The molecule has 0 heterocycles. The predicted octanol–water partition coefficient (Wildman–Crippen LogP) is 0.941. The molecule has 1 aromatic carbocycles. The van der Waals surface area contributed by atoms with E-state index in [-0.39, 0.29) is 18.7 Å². The lowest BCUT2D eigenvalue weighted by Gasteiger charge is -2.24. The minimum absolute atomic E-state index is 0.0868. The number of amides is 2. The Morgan fingerprint density at radius 3 is 2.36 bits per heavy atom. The van der Waals surface area contributed by atoms with Gasteiger partial charge < -0.3 is 15.4 Å². The highest BCUT2D eigenvalue weighted by molar-refractivity contribution is 5.90. The molecule has 1 rings (SSSR count). The van der Waals surface area contributed by atoms with Crippen molar-refractivity contribution in [1.29, 1.82) is 5.26 Å². The van der Waals surface area contributed by atoms with Crippen molar-refractivity contribution in [2.75, 3.05) is 7.11 Å². The van der Waals surface area contributed by atoms with E-state index in [2.05, 4.69) is 10.6 Å². The van der Waals surface area contributed by atoms with Crippen molar-refractivity contribution >= 4 is 17.8 Å². The zero-order chi connectivity index (χ0) is 18.8. The number of methoxy groups -OCH3 is 1. The molecule has 7 nitrogen and oxygen atoms in total. The van der Waals surface area contributed by atoms with Gasteiger partial charge in [-0.15, -0.1) is 0 Å². The number of carbonyl (C=O) groups excluding carboxylic acids is 3. The summed E-state index contributed by atoms with van der Waals surface area (Å²) < 4.78 is 4.71. The van der Waals surface area contributed by atoms with Gasteiger partial charge in [-0.25, -0.2) is 4.79 Å². The largest absolute Gasteiger partial charge is 0.467 e. The summed E-state index contributed by atoms with van der Waals surface area (Å²) in [6, 6.07) is 9.41. The van der Waals surface area contributed by atoms with Crippen LogP contribution in [0.2, 0.25) is 0 Å². The Labute approximate surface area is 147 Å². The average Bonchev–Trinajstić information content (AvgIpc) is 2.58. The van der Waals surface area contributed by atoms with Crippen LogP contribution in [-0.2, 0) is 25.5 Å². The van der Waals surface area contributed by atoms with Gasteiger partial charge in [0.15, 0.2) is 0 Å². The van der Waals surface area contributed by atoms with Gasteiger partial charge in [0, 0.05) is 25.7 Å². The van der Waals surface area contributed by atoms with Crippen LogP contribution in [0.25, 0.3) is 0 Å². The number of hydrogen-bond donors (Lipinski definition) is 2. The molecule has 1 aromatic rings. The number of carbonyl (C=O) groups is 3. The van der Waals surface area contributed by atoms with Gasteiger partial charge in [-0.2, -0.15) is 5.26 Å². The zero-order valence-electron chi connectivity index (χ0n) is 14.6. The molecule has 7 heteroatoms. The molecule has 0 aliphatic rings. The van der Waals surface area contributed by atoms with Crippen molar-refractivity contribution in [3.05, 3.63) is 35.9 Å². The first-order valence-electron chi connectivity index (χ1n) is 7.95. The highest BCUT2D eigenvalue weighted by atomic mass is 16.5. The summed E-state index contributed by atoms with van der Waals surface area (Å²) in [6.45, 7) is 3.00. The van der Waals surface area contributed by atoms with E-state index >= 15 is 0 Å². The Balaban J connectivity index is 2.92. The number of benzene rings is 1. The third-order valence-corrected chi connectivity index (χ3v) is 3.71. The van der Waals surface area contributed by atoms with Crippen LogP contribution in [0, 0.1) is 17.2 Å². The molecule has 2 N–H and O–H groups in total. The monoisotopic (exact) mass is 345 g/mol. The van der Waals surface area contributed by atoms with Crippen molar-refractivity contribution in [1.82, 2.24) is 10.6 Å². The fourth-order valence-electron chi connectivity index (χ4n) is 2.38. The third kappa shape index (κ3) is 6.63.